The van der Waals surface area contributed by atoms with Gasteiger partial charge in [-0.3, -0.25) is 0 Å². The van der Waals surface area contributed by atoms with Crippen LogP contribution in [0.2, 0.25) is 0 Å². The normalized spacial score (nSPS) is 9.77. The van der Waals surface area contributed by atoms with Crippen molar-refractivity contribution in [3.8, 4) is 11.8 Å². The van der Waals surface area contributed by atoms with E-state index in [0.29, 0.717) is 12.3 Å². The molecule has 0 nitrogen and oxygen atoms in total. The molecule has 1 atom stereocenters. The Hall–Kier alpha value is 0.605. The Bertz CT molecular complexity index is 167. The molecule has 0 bridgehead atoms. The zero-order chi connectivity index (χ0) is 8.53. The first-order valence-corrected chi connectivity index (χ1v) is 4.26. The fourth-order valence-corrected chi connectivity index (χ4v) is 1.01. The van der Waals surface area contributed by atoms with Gasteiger partial charge < -0.3 is 24.7 Å². The topological polar surface area (TPSA) is 0 Å². The van der Waals surface area contributed by atoms with E-state index < -0.39 is 0 Å². The summed E-state index contributed by atoms with van der Waals surface area (Å²) in [5.41, 5.74) is 0. The summed E-state index contributed by atoms with van der Waals surface area (Å²) in [6, 6.07) is 0. The van der Waals surface area contributed by atoms with E-state index in [4.69, 9.17) is 24.4 Å². The molecule has 0 aliphatic carbocycles. The summed E-state index contributed by atoms with van der Waals surface area (Å²) in [5, 5.41) is 0. The van der Waals surface area contributed by atoms with Gasteiger partial charge in [0.05, 0.1) is 0 Å². The van der Waals surface area contributed by atoms with Crippen LogP contribution in [0.5, 0.6) is 0 Å². The third-order valence-corrected chi connectivity index (χ3v) is 1.78. The van der Waals surface area contributed by atoms with Crippen molar-refractivity contribution >= 4 is 11.6 Å². The van der Waals surface area contributed by atoms with E-state index >= 15 is 0 Å². The van der Waals surface area contributed by atoms with Crippen molar-refractivity contribution in [1.29, 1.82) is 0 Å². The SMILES string of the molecule is [C-]#CCCC(C#[C-])CCCCl.[Li+].[Li+]. The maximum atomic E-state index is 6.93. The number of hydrogen-bond acceptors (Lipinski definition) is 0. The summed E-state index contributed by atoms with van der Waals surface area (Å²) in [7, 11) is 0. The first kappa shape index (κ1) is 19.2. The third kappa shape index (κ3) is 12.6. The van der Waals surface area contributed by atoms with Crippen molar-refractivity contribution < 1.29 is 37.7 Å². The number of hydrogen-bond donors (Lipinski definition) is 0. The minimum atomic E-state index is 0. The molecule has 0 amide bonds. The Morgan fingerprint density at radius 3 is 2.15 bits per heavy atom. The van der Waals surface area contributed by atoms with E-state index in [1.807, 2.05) is 0 Å². The van der Waals surface area contributed by atoms with Crippen LogP contribution in [-0.4, -0.2) is 5.88 Å². The Balaban J connectivity index is -0.000000500. The summed E-state index contributed by atoms with van der Waals surface area (Å²) in [6.45, 7) is 0. The molecular formula is C10H11ClLi2. The van der Waals surface area contributed by atoms with Gasteiger partial charge in [-0.25, -0.2) is 0 Å². The zero-order valence-corrected chi connectivity index (χ0v) is 9.25. The van der Waals surface area contributed by atoms with E-state index in [-0.39, 0.29) is 43.6 Å². The van der Waals surface area contributed by atoms with Crippen molar-refractivity contribution in [2.45, 2.75) is 25.7 Å². The van der Waals surface area contributed by atoms with E-state index in [1.165, 1.54) is 0 Å². The molecule has 0 aliphatic heterocycles. The standard InChI is InChI=1S/C10H11Cl.2Li/c1-3-5-7-10(4-2)8-6-9-11;;/h10H,5-9H2;;/q-2;2*+1. The number of rotatable bonds is 5. The molecule has 0 aromatic carbocycles. The van der Waals surface area contributed by atoms with Gasteiger partial charge in [0.2, 0.25) is 0 Å². The Morgan fingerprint density at radius 1 is 1.15 bits per heavy atom. The number of alkyl halides is 1. The maximum Gasteiger partial charge on any atom is 1.00 e. The molecule has 0 N–H and O–H groups in total. The molecule has 0 fully saturated rings. The summed E-state index contributed by atoms with van der Waals surface area (Å²) in [5.74, 6) is 5.56. The average molecular weight is 181 g/mol. The van der Waals surface area contributed by atoms with Crippen LogP contribution >= 0.6 is 11.6 Å². The minimum absolute atomic E-state index is 0. The molecular weight excluding hydrogens is 169 g/mol. The van der Waals surface area contributed by atoms with Crippen LogP contribution in [0.15, 0.2) is 0 Å². The smallest absolute Gasteiger partial charge is 0.694 e. The largest absolute Gasteiger partial charge is 1.00 e. The number of halogens is 1. The fraction of sp³-hybridized carbons (Fsp3) is 0.600. The molecule has 0 aromatic heterocycles. The van der Waals surface area contributed by atoms with Gasteiger partial charge in [0, 0.05) is 5.88 Å². The zero-order valence-electron chi connectivity index (χ0n) is 8.49. The molecule has 0 saturated heterocycles. The molecule has 60 valence electrons. The van der Waals surface area contributed by atoms with Gasteiger partial charge in [0.15, 0.2) is 0 Å². The predicted octanol–water partition coefficient (Wildman–Crippen LogP) is -3.41. The summed E-state index contributed by atoms with van der Waals surface area (Å²) in [6.07, 6.45) is 16.9. The minimum Gasteiger partial charge on any atom is -0.694 e. The first-order valence-electron chi connectivity index (χ1n) is 3.73. The van der Waals surface area contributed by atoms with E-state index in [2.05, 4.69) is 11.8 Å². The van der Waals surface area contributed by atoms with Crippen molar-refractivity contribution in [3.05, 3.63) is 12.8 Å². The van der Waals surface area contributed by atoms with Crippen LogP contribution in [0.3, 0.4) is 0 Å². The molecule has 0 rings (SSSR count). The van der Waals surface area contributed by atoms with Crippen LogP contribution in [0, 0.1) is 30.6 Å². The van der Waals surface area contributed by atoms with Crippen LogP contribution in [0.1, 0.15) is 25.7 Å². The summed E-state index contributed by atoms with van der Waals surface area (Å²) >= 11 is 5.49. The van der Waals surface area contributed by atoms with Crippen LogP contribution in [0.25, 0.3) is 0 Å². The van der Waals surface area contributed by atoms with Gasteiger partial charge in [-0.05, 0) is 31.6 Å². The van der Waals surface area contributed by atoms with Crippen LogP contribution < -0.4 is 37.7 Å². The van der Waals surface area contributed by atoms with Crippen molar-refractivity contribution in [2.24, 2.45) is 5.92 Å². The van der Waals surface area contributed by atoms with Gasteiger partial charge in [0.25, 0.3) is 0 Å². The molecule has 0 aromatic rings. The molecule has 0 spiro atoms. The van der Waals surface area contributed by atoms with Crippen molar-refractivity contribution in [1.82, 2.24) is 0 Å². The second-order valence-corrected chi connectivity index (χ2v) is 2.77. The van der Waals surface area contributed by atoms with Gasteiger partial charge in [-0.2, -0.15) is 0 Å². The van der Waals surface area contributed by atoms with E-state index in [0.717, 1.165) is 19.3 Å². The van der Waals surface area contributed by atoms with Gasteiger partial charge in [0.1, 0.15) is 0 Å². The first-order chi connectivity index (χ1) is 5.35. The van der Waals surface area contributed by atoms with Gasteiger partial charge in [-0.1, -0.05) is 0 Å². The Labute approximate surface area is 111 Å². The molecule has 0 saturated carbocycles. The summed E-state index contributed by atoms with van der Waals surface area (Å²) < 4.78 is 0. The van der Waals surface area contributed by atoms with E-state index in [1.54, 1.807) is 0 Å². The Morgan fingerprint density at radius 2 is 1.77 bits per heavy atom. The van der Waals surface area contributed by atoms with Crippen LogP contribution in [-0.2, 0) is 0 Å². The molecule has 0 heterocycles. The molecule has 13 heavy (non-hydrogen) atoms. The fourth-order valence-electron chi connectivity index (χ4n) is 0.859. The summed E-state index contributed by atoms with van der Waals surface area (Å²) in [4.78, 5) is 0. The van der Waals surface area contributed by atoms with E-state index in [9.17, 15) is 0 Å². The molecule has 3 heteroatoms. The maximum absolute atomic E-state index is 6.93. The third-order valence-electron chi connectivity index (χ3n) is 1.51. The van der Waals surface area contributed by atoms with Gasteiger partial charge >= 0.3 is 37.7 Å². The van der Waals surface area contributed by atoms with Crippen LogP contribution in [0.4, 0.5) is 0 Å². The second-order valence-electron chi connectivity index (χ2n) is 2.39. The Kier molecular flexibility index (Phi) is 22.3. The predicted molar refractivity (Wildman–Crippen MR) is 46.9 cm³/mol. The second kappa shape index (κ2) is 15.1. The molecule has 0 radical (unpaired) electrons. The van der Waals surface area contributed by atoms with Gasteiger partial charge in [-0.15, -0.1) is 11.6 Å². The molecule has 1 unspecified atom stereocenters. The average Bonchev–Trinajstić information content (AvgIpc) is 2.05. The quantitative estimate of drug-likeness (QED) is 0.179. The molecule has 0 aliphatic rings. The monoisotopic (exact) mass is 180 g/mol. The van der Waals surface area contributed by atoms with Crippen molar-refractivity contribution in [3.63, 3.8) is 0 Å². The van der Waals surface area contributed by atoms with Crippen molar-refractivity contribution in [2.75, 3.05) is 5.88 Å².